The van der Waals surface area contributed by atoms with Gasteiger partial charge in [-0.25, -0.2) is 4.98 Å². The number of rotatable bonds is 2. The summed E-state index contributed by atoms with van der Waals surface area (Å²) >= 11 is 12.3. The van der Waals surface area contributed by atoms with Crippen molar-refractivity contribution in [2.75, 3.05) is 0 Å². The molecule has 0 spiro atoms. The van der Waals surface area contributed by atoms with Crippen LogP contribution in [-0.4, -0.2) is 20.2 Å². The molecule has 0 amide bonds. The molecule has 0 unspecified atom stereocenters. The second-order valence-corrected chi connectivity index (χ2v) is 6.99. The van der Waals surface area contributed by atoms with E-state index < -0.39 is 0 Å². The lowest BCUT2D eigenvalue weighted by molar-refractivity contribution is 1.08. The normalized spacial score (nSPS) is 11.3. The first-order chi connectivity index (χ1) is 13.2. The van der Waals surface area contributed by atoms with Crippen molar-refractivity contribution >= 4 is 45.1 Å². The maximum absolute atomic E-state index is 6.16. The summed E-state index contributed by atoms with van der Waals surface area (Å²) in [5.74, 6) is 0.702. The number of hydrogen-bond acceptors (Lipinski definition) is 3. The van der Waals surface area contributed by atoms with Gasteiger partial charge in [0.15, 0.2) is 0 Å². The van der Waals surface area contributed by atoms with E-state index in [0.29, 0.717) is 15.9 Å². The van der Waals surface area contributed by atoms with Crippen molar-refractivity contribution in [3.63, 3.8) is 0 Å². The number of aromatic nitrogens is 4. The molecule has 6 heteroatoms. The van der Waals surface area contributed by atoms with Crippen LogP contribution in [0.5, 0.6) is 0 Å². The van der Waals surface area contributed by atoms with Crippen LogP contribution in [0.2, 0.25) is 10.0 Å². The number of fused-ring (bicyclic) bond motifs is 2. The zero-order valence-corrected chi connectivity index (χ0v) is 15.5. The lowest BCUT2D eigenvalue weighted by Gasteiger charge is -2.09. The zero-order valence-electron chi connectivity index (χ0n) is 13.9. The molecule has 27 heavy (non-hydrogen) atoms. The Kier molecular flexibility index (Phi) is 3.81. The average molecular weight is 391 g/mol. The summed E-state index contributed by atoms with van der Waals surface area (Å²) in [6.07, 6.45) is 0. The minimum Gasteiger partial charge on any atom is -0.338 e. The van der Waals surface area contributed by atoms with E-state index in [1.54, 1.807) is 12.1 Å². The molecule has 130 valence electrons. The van der Waals surface area contributed by atoms with Gasteiger partial charge in [0, 0.05) is 10.9 Å². The van der Waals surface area contributed by atoms with Crippen molar-refractivity contribution in [2.24, 2.45) is 0 Å². The summed E-state index contributed by atoms with van der Waals surface area (Å²) in [6.45, 7) is 0. The molecule has 5 aromatic rings. The smallest absolute Gasteiger partial charge is 0.141 e. The van der Waals surface area contributed by atoms with Gasteiger partial charge in [-0.1, -0.05) is 71.7 Å². The van der Waals surface area contributed by atoms with E-state index >= 15 is 0 Å². The molecule has 0 fully saturated rings. The van der Waals surface area contributed by atoms with Crippen LogP contribution in [0.3, 0.4) is 0 Å². The SMILES string of the molecule is Clc1cc2nc(-c3c(-c4ccccc4)nnc4ccccc34)[nH]c2cc1Cl. The van der Waals surface area contributed by atoms with Gasteiger partial charge in [0.1, 0.15) is 11.5 Å². The van der Waals surface area contributed by atoms with Crippen LogP contribution in [0.4, 0.5) is 0 Å². The fraction of sp³-hybridized carbons (Fsp3) is 0. The third kappa shape index (κ3) is 2.74. The van der Waals surface area contributed by atoms with Gasteiger partial charge in [0.05, 0.1) is 32.2 Å². The Labute approximate surface area is 164 Å². The molecule has 0 bridgehead atoms. The number of aromatic amines is 1. The lowest BCUT2D eigenvalue weighted by atomic mass is 10.0. The maximum atomic E-state index is 6.16. The van der Waals surface area contributed by atoms with Crippen molar-refractivity contribution in [1.29, 1.82) is 0 Å². The number of benzene rings is 3. The van der Waals surface area contributed by atoms with Gasteiger partial charge in [-0.2, -0.15) is 0 Å². The summed E-state index contributed by atoms with van der Waals surface area (Å²) in [5.41, 5.74) is 5.02. The fourth-order valence-electron chi connectivity index (χ4n) is 3.21. The van der Waals surface area contributed by atoms with E-state index in [4.69, 9.17) is 28.2 Å². The summed E-state index contributed by atoms with van der Waals surface area (Å²) in [5, 5.41) is 10.8. The van der Waals surface area contributed by atoms with Gasteiger partial charge >= 0.3 is 0 Å². The van der Waals surface area contributed by atoms with Crippen LogP contribution in [0.15, 0.2) is 66.7 Å². The Hall–Kier alpha value is -2.95. The van der Waals surface area contributed by atoms with Crippen LogP contribution in [0, 0.1) is 0 Å². The predicted molar refractivity (Wildman–Crippen MR) is 110 cm³/mol. The van der Waals surface area contributed by atoms with E-state index in [1.807, 2.05) is 54.6 Å². The van der Waals surface area contributed by atoms with E-state index in [2.05, 4.69) is 15.2 Å². The largest absolute Gasteiger partial charge is 0.338 e. The maximum Gasteiger partial charge on any atom is 0.141 e. The molecule has 5 rings (SSSR count). The number of nitrogens with zero attached hydrogens (tertiary/aromatic N) is 3. The highest BCUT2D eigenvalue weighted by Gasteiger charge is 2.18. The fourth-order valence-corrected chi connectivity index (χ4v) is 3.54. The minimum absolute atomic E-state index is 0.475. The van der Waals surface area contributed by atoms with Crippen LogP contribution < -0.4 is 0 Å². The highest BCUT2D eigenvalue weighted by molar-refractivity contribution is 6.42. The molecule has 0 atom stereocenters. The van der Waals surface area contributed by atoms with E-state index in [-0.39, 0.29) is 0 Å². The second kappa shape index (κ2) is 6.34. The highest BCUT2D eigenvalue weighted by atomic mass is 35.5. The second-order valence-electron chi connectivity index (χ2n) is 6.18. The van der Waals surface area contributed by atoms with E-state index in [9.17, 15) is 0 Å². The first-order valence-electron chi connectivity index (χ1n) is 8.37. The van der Waals surface area contributed by atoms with Crippen LogP contribution in [0.1, 0.15) is 0 Å². The van der Waals surface area contributed by atoms with Crippen molar-refractivity contribution < 1.29 is 0 Å². The topological polar surface area (TPSA) is 54.5 Å². The molecule has 2 aromatic heterocycles. The molecule has 0 aliphatic carbocycles. The summed E-state index contributed by atoms with van der Waals surface area (Å²) < 4.78 is 0. The minimum atomic E-state index is 0.475. The van der Waals surface area contributed by atoms with Crippen LogP contribution in [0.25, 0.3) is 44.6 Å². The van der Waals surface area contributed by atoms with Crippen LogP contribution >= 0.6 is 23.2 Å². The molecule has 0 radical (unpaired) electrons. The average Bonchev–Trinajstić information content (AvgIpc) is 3.10. The molecule has 0 aliphatic rings. The summed E-state index contributed by atoms with van der Waals surface area (Å²) in [4.78, 5) is 8.12. The quantitative estimate of drug-likeness (QED) is 0.393. The van der Waals surface area contributed by atoms with Crippen molar-refractivity contribution in [3.05, 3.63) is 76.8 Å². The van der Waals surface area contributed by atoms with E-state index in [1.165, 1.54) is 0 Å². The van der Waals surface area contributed by atoms with Crippen molar-refractivity contribution in [3.8, 4) is 22.6 Å². The van der Waals surface area contributed by atoms with Gasteiger partial charge in [-0.3, -0.25) is 0 Å². The lowest BCUT2D eigenvalue weighted by Crippen LogP contribution is -1.96. The van der Waals surface area contributed by atoms with Gasteiger partial charge in [0.2, 0.25) is 0 Å². The standard InChI is InChI=1S/C21H12Cl2N4/c22-14-10-17-18(11-15(14)23)25-21(24-17)19-13-8-4-5-9-16(13)26-27-20(19)12-6-2-1-3-7-12/h1-11H,(H,24,25). The monoisotopic (exact) mass is 390 g/mol. The molecular weight excluding hydrogens is 379 g/mol. The number of hydrogen-bond donors (Lipinski definition) is 1. The Morgan fingerprint density at radius 1 is 0.741 bits per heavy atom. The molecule has 0 aliphatic heterocycles. The van der Waals surface area contributed by atoms with Crippen LogP contribution in [-0.2, 0) is 0 Å². The summed E-state index contributed by atoms with van der Waals surface area (Å²) in [6, 6.07) is 21.4. The molecular formula is C21H12Cl2N4. The Morgan fingerprint density at radius 2 is 1.48 bits per heavy atom. The highest BCUT2D eigenvalue weighted by Crippen LogP contribution is 2.36. The van der Waals surface area contributed by atoms with Crippen molar-refractivity contribution in [2.45, 2.75) is 0 Å². The Balaban J connectivity index is 1.86. The first-order valence-corrected chi connectivity index (χ1v) is 9.12. The van der Waals surface area contributed by atoms with Gasteiger partial charge in [-0.05, 0) is 18.2 Å². The Morgan fingerprint density at radius 3 is 2.33 bits per heavy atom. The third-order valence-electron chi connectivity index (χ3n) is 4.48. The summed E-state index contributed by atoms with van der Waals surface area (Å²) in [7, 11) is 0. The van der Waals surface area contributed by atoms with Crippen molar-refractivity contribution in [1.82, 2.24) is 20.2 Å². The Bertz CT molecular complexity index is 1260. The molecule has 0 saturated carbocycles. The zero-order chi connectivity index (χ0) is 18.4. The first kappa shape index (κ1) is 16.2. The molecule has 4 nitrogen and oxygen atoms in total. The number of imidazole rings is 1. The predicted octanol–water partition coefficient (Wildman–Crippen LogP) is 6.15. The number of nitrogens with one attached hydrogen (secondary N) is 1. The van der Waals surface area contributed by atoms with E-state index in [0.717, 1.165) is 38.8 Å². The van der Waals surface area contributed by atoms with Gasteiger partial charge in [-0.15, -0.1) is 10.2 Å². The number of H-pyrrole nitrogens is 1. The van der Waals surface area contributed by atoms with Gasteiger partial charge in [0.25, 0.3) is 0 Å². The molecule has 3 aromatic carbocycles. The number of halogens is 2. The molecule has 0 saturated heterocycles. The molecule has 1 N–H and O–H groups in total. The molecule has 2 heterocycles. The third-order valence-corrected chi connectivity index (χ3v) is 5.20. The van der Waals surface area contributed by atoms with Gasteiger partial charge < -0.3 is 4.98 Å².